The number of rotatable bonds is 6. The van der Waals surface area contributed by atoms with Crippen LogP contribution in [-0.2, 0) is 17.5 Å². The minimum atomic E-state index is -4.48. The number of hydrogen-bond acceptors (Lipinski definition) is 3. The zero-order chi connectivity index (χ0) is 22.6. The van der Waals surface area contributed by atoms with Crippen molar-refractivity contribution in [1.29, 1.82) is 0 Å². The lowest BCUT2D eigenvalue weighted by atomic mass is 10.1. The lowest BCUT2D eigenvalue weighted by Gasteiger charge is -2.22. The molecule has 1 aliphatic heterocycles. The Kier molecular flexibility index (Phi) is 9.38. The number of ether oxygens (including phenoxy) is 1. The van der Waals surface area contributed by atoms with E-state index in [1.165, 1.54) is 10.7 Å². The Hall–Kier alpha value is -1.82. The standard InChI is InChI=1S/C22H30F3N5O.HI/c1-5-26-21(29-9-8-17(13-29)14-31-4)27-12-18-6-7-19(11-20(18)22(23,24)25)30-16(3)10-15(2)28-30;/h6-7,10-11,17H,5,8-9,12-14H2,1-4H3,(H,26,27);1H. The van der Waals surface area contributed by atoms with Gasteiger partial charge in [-0.2, -0.15) is 18.3 Å². The van der Waals surface area contributed by atoms with E-state index in [0.717, 1.165) is 37.0 Å². The maximum Gasteiger partial charge on any atom is 0.416 e. The molecule has 1 unspecified atom stereocenters. The van der Waals surface area contributed by atoms with Gasteiger partial charge in [-0.05, 0) is 51.0 Å². The molecule has 1 aromatic heterocycles. The van der Waals surface area contributed by atoms with Crippen molar-refractivity contribution >= 4 is 29.9 Å². The van der Waals surface area contributed by atoms with Gasteiger partial charge >= 0.3 is 6.18 Å². The van der Waals surface area contributed by atoms with Gasteiger partial charge in [-0.3, -0.25) is 0 Å². The molecule has 178 valence electrons. The Morgan fingerprint density at radius 1 is 1.28 bits per heavy atom. The second-order valence-corrected chi connectivity index (χ2v) is 7.90. The second kappa shape index (κ2) is 11.4. The lowest BCUT2D eigenvalue weighted by Crippen LogP contribution is -2.40. The van der Waals surface area contributed by atoms with Crippen molar-refractivity contribution < 1.29 is 17.9 Å². The molecule has 2 heterocycles. The van der Waals surface area contributed by atoms with Crippen LogP contribution in [0.5, 0.6) is 0 Å². The normalized spacial score (nSPS) is 16.9. The second-order valence-electron chi connectivity index (χ2n) is 7.90. The Morgan fingerprint density at radius 2 is 2.03 bits per heavy atom. The van der Waals surface area contributed by atoms with Crippen molar-refractivity contribution in [2.24, 2.45) is 10.9 Å². The number of aromatic nitrogens is 2. The summed E-state index contributed by atoms with van der Waals surface area (Å²) in [6, 6.07) is 6.15. The summed E-state index contributed by atoms with van der Waals surface area (Å²) in [6.07, 6.45) is -3.50. The van der Waals surface area contributed by atoms with E-state index < -0.39 is 11.7 Å². The topological polar surface area (TPSA) is 54.7 Å². The number of alkyl halides is 3. The first kappa shape index (κ1) is 26.4. The third-order valence-electron chi connectivity index (χ3n) is 5.37. The number of nitrogens with one attached hydrogen (secondary N) is 1. The van der Waals surface area contributed by atoms with Crippen LogP contribution in [0.25, 0.3) is 5.69 Å². The highest BCUT2D eigenvalue weighted by Crippen LogP contribution is 2.34. The maximum atomic E-state index is 13.8. The van der Waals surface area contributed by atoms with E-state index >= 15 is 0 Å². The number of benzene rings is 1. The van der Waals surface area contributed by atoms with Crippen LogP contribution in [0.15, 0.2) is 29.3 Å². The fourth-order valence-corrected chi connectivity index (χ4v) is 3.97. The molecule has 6 nitrogen and oxygen atoms in total. The van der Waals surface area contributed by atoms with Crippen LogP contribution in [0.4, 0.5) is 13.2 Å². The number of halogens is 4. The predicted molar refractivity (Wildman–Crippen MR) is 130 cm³/mol. The maximum absolute atomic E-state index is 13.8. The van der Waals surface area contributed by atoms with Gasteiger partial charge in [0, 0.05) is 38.4 Å². The molecule has 1 N–H and O–H groups in total. The van der Waals surface area contributed by atoms with Gasteiger partial charge in [0.05, 0.1) is 30.1 Å². The Labute approximate surface area is 204 Å². The molecular formula is C22H31F3IN5O. The Balaban J connectivity index is 0.00000363. The largest absolute Gasteiger partial charge is 0.416 e. The third-order valence-corrected chi connectivity index (χ3v) is 5.37. The molecule has 3 rings (SSSR count). The summed E-state index contributed by atoms with van der Waals surface area (Å²) in [7, 11) is 1.68. The summed E-state index contributed by atoms with van der Waals surface area (Å²) in [5.74, 6) is 1.04. The van der Waals surface area contributed by atoms with Crippen molar-refractivity contribution in [2.45, 2.75) is 39.9 Å². The fraction of sp³-hybridized carbons (Fsp3) is 0.545. The van der Waals surface area contributed by atoms with Crippen LogP contribution in [0, 0.1) is 19.8 Å². The first-order valence-electron chi connectivity index (χ1n) is 10.5. The lowest BCUT2D eigenvalue weighted by molar-refractivity contribution is -0.138. The molecule has 0 amide bonds. The molecule has 32 heavy (non-hydrogen) atoms. The Bertz CT molecular complexity index is 929. The van der Waals surface area contributed by atoms with Gasteiger partial charge in [0.25, 0.3) is 0 Å². The van der Waals surface area contributed by atoms with E-state index in [0.29, 0.717) is 30.7 Å². The Morgan fingerprint density at radius 3 is 2.62 bits per heavy atom. The van der Waals surface area contributed by atoms with E-state index in [-0.39, 0.29) is 36.1 Å². The highest BCUT2D eigenvalue weighted by atomic mass is 127. The smallest absolute Gasteiger partial charge is 0.384 e. The van der Waals surface area contributed by atoms with Gasteiger partial charge < -0.3 is 15.0 Å². The van der Waals surface area contributed by atoms with Crippen molar-refractivity contribution in [3.63, 3.8) is 0 Å². The summed E-state index contributed by atoms with van der Waals surface area (Å²) >= 11 is 0. The van der Waals surface area contributed by atoms with Crippen molar-refractivity contribution in [3.05, 3.63) is 46.8 Å². The van der Waals surface area contributed by atoms with Crippen LogP contribution in [0.1, 0.15) is 35.9 Å². The van der Waals surface area contributed by atoms with E-state index in [9.17, 15) is 13.2 Å². The van der Waals surface area contributed by atoms with Gasteiger partial charge in [0.15, 0.2) is 5.96 Å². The molecule has 0 radical (unpaired) electrons. The van der Waals surface area contributed by atoms with Gasteiger partial charge in [-0.25, -0.2) is 9.67 Å². The number of methoxy groups -OCH3 is 1. The molecule has 0 bridgehead atoms. The molecule has 0 saturated carbocycles. The average Bonchev–Trinajstić information content (AvgIpc) is 3.30. The number of likely N-dealkylation sites (tertiary alicyclic amines) is 1. The molecule has 0 aliphatic carbocycles. The van der Waals surface area contributed by atoms with E-state index in [1.54, 1.807) is 13.2 Å². The highest BCUT2D eigenvalue weighted by Gasteiger charge is 2.34. The fourth-order valence-electron chi connectivity index (χ4n) is 3.97. The number of nitrogens with zero attached hydrogens (tertiary/aromatic N) is 4. The summed E-state index contributed by atoms with van der Waals surface area (Å²) in [6.45, 7) is 8.43. The SMILES string of the molecule is CCNC(=NCc1ccc(-n2nc(C)cc2C)cc1C(F)(F)F)N1CCC(COC)C1.I. The monoisotopic (exact) mass is 565 g/mol. The molecule has 1 atom stereocenters. The van der Waals surface area contributed by atoms with E-state index in [4.69, 9.17) is 4.74 Å². The van der Waals surface area contributed by atoms with Crippen molar-refractivity contribution in [1.82, 2.24) is 20.0 Å². The molecule has 10 heteroatoms. The van der Waals surface area contributed by atoms with Crippen LogP contribution in [-0.4, -0.2) is 54.0 Å². The quantitative estimate of drug-likeness (QED) is 0.317. The minimum Gasteiger partial charge on any atom is -0.384 e. The zero-order valence-electron chi connectivity index (χ0n) is 18.9. The summed E-state index contributed by atoms with van der Waals surface area (Å²) in [4.78, 5) is 6.61. The average molecular weight is 565 g/mol. The zero-order valence-corrected chi connectivity index (χ0v) is 21.2. The number of aryl methyl sites for hydroxylation is 2. The first-order valence-corrected chi connectivity index (χ1v) is 10.5. The number of hydrogen-bond donors (Lipinski definition) is 1. The number of aliphatic imine (C=N–C) groups is 1. The van der Waals surface area contributed by atoms with Crippen molar-refractivity contribution in [3.8, 4) is 5.69 Å². The van der Waals surface area contributed by atoms with Crippen LogP contribution >= 0.6 is 24.0 Å². The number of guanidine groups is 1. The molecule has 1 aliphatic rings. The van der Waals surface area contributed by atoms with Gasteiger partial charge in [0.2, 0.25) is 0 Å². The molecule has 1 saturated heterocycles. The summed E-state index contributed by atoms with van der Waals surface area (Å²) in [5.41, 5.74) is 1.38. The molecule has 1 fully saturated rings. The molecule has 2 aromatic rings. The van der Waals surface area contributed by atoms with Crippen molar-refractivity contribution in [2.75, 3.05) is 33.4 Å². The van der Waals surface area contributed by atoms with Gasteiger partial charge in [-0.1, -0.05) is 6.07 Å². The highest BCUT2D eigenvalue weighted by molar-refractivity contribution is 14.0. The van der Waals surface area contributed by atoms with Crippen LogP contribution < -0.4 is 5.32 Å². The molecule has 0 spiro atoms. The molecular weight excluding hydrogens is 534 g/mol. The molecule has 1 aromatic carbocycles. The predicted octanol–water partition coefficient (Wildman–Crippen LogP) is 4.56. The van der Waals surface area contributed by atoms with E-state index in [1.807, 2.05) is 26.8 Å². The van der Waals surface area contributed by atoms with Gasteiger partial charge in [0.1, 0.15) is 0 Å². The van der Waals surface area contributed by atoms with E-state index in [2.05, 4.69) is 20.3 Å². The third kappa shape index (κ3) is 6.37. The summed E-state index contributed by atoms with van der Waals surface area (Å²) in [5, 5.41) is 7.50. The first-order chi connectivity index (χ1) is 14.7. The van der Waals surface area contributed by atoms with Crippen LogP contribution in [0.2, 0.25) is 0 Å². The van der Waals surface area contributed by atoms with Gasteiger partial charge in [-0.15, -0.1) is 24.0 Å². The minimum absolute atomic E-state index is 0. The summed E-state index contributed by atoms with van der Waals surface area (Å²) < 4.78 is 48.3. The van der Waals surface area contributed by atoms with Crippen LogP contribution in [0.3, 0.4) is 0 Å².